The quantitative estimate of drug-likeness (QED) is 0.797. The number of para-hydroxylation sites is 1. The van der Waals surface area contributed by atoms with Crippen LogP contribution in [0.5, 0.6) is 5.75 Å². The molecule has 0 spiro atoms. The van der Waals surface area contributed by atoms with E-state index in [4.69, 9.17) is 4.74 Å². The van der Waals surface area contributed by atoms with Gasteiger partial charge in [0, 0.05) is 32.1 Å². The summed E-state index contributed by atoms with van der Waals surface area (Å²) in [4.78, 5) is 29.2. The summed E-state index contributed by atoms with van der Waals surface area (Å²) < 4.78 is 5.78. The fourth-order valence-electron chi connectivity index (χ4n) is 4.16. The third-order valence-corrected chi connectivity index (χ3v) is 5.82. The molecule has 2 amide bonds. The predicted octanol–water partition coefficient (Wildman–Crippen LogP) is 3.27. The Morgan fingerprint density at radius 3 is 2.44 bits per heavy atom. The molecular weight excluding hydrogens is 340 g/mol. The lowest BCUT2D eigenvalue weighted by atomic mass is 9.88. The van der Waals surface area contributed by atoms with E-state index in [-0.39, 0.29) is 18.4 Å². The van der Waals surface area contributed by atoms with Gasteiger partial charge in [0.2, 0.25) is 5.91 Å². The Labute approximate surface area is 162 Å². The highest BCUT2D eigenvalue weighted by Gasteiger charge is 2.28. The maximum Gasteiger partial charge on any atom is 0.260 e. The van der Waals surface area contributed by atoms with Gasteiger partial charge in [-0.15, -0.1) is 0 Å². The first-order valence-electron chi connectivity index (χ1n) is 10.5. The van der Waals surface area contributed by atoms with Crippen LogP contribution in [-0.4, -0.2) is 54.4 Å². The number of amides is 2. The Hall–Kier alpha value is -2.04. The summed E-state index contributed by atoms with van der Waals surface area (Å²) in [7, 11) is 0. The fourth-order valence-corrected chi connectivity index (χ4v) is 4.16. The van der Waals surface area contributed by atoms with Crippen LogP contribution in [-0.2, 0) is 16.0 Å². The van der Waals surface area contributed by atoms with Gasteiger partial charge >= 0.3 is 0 Å². The van der Waals surface area contributed by atoms with Gasteiger partial charge in [-0.25, -0.2) is 0 Å². The van der Waals surface area contributed by atoms with Crippen molar-refractivity contribution in [2.75, 3.05) is 32.8 Å². The highest BCUT2D eigenvalue weighted by atomic mass is 16.5. The summed E-state index contributed by atoms with van der Waals surface area (Å²) in [5.41, 5.74) is 1.12. The molecule has 1 aliphatic carbocycles. The highest BCUT2D eigenvalue weighted by Crippen LogP contribution is 2.26. The van der Waals surface area contributed by atoms with E-state index in [9.17, 15) is 9.59 Å². The molecule has 0 bridgehead atoms. The van der Waals surface area contributed by atoms with Crippen molar-refractivity contribution in [3.05, 3.63) is 29.8 Å². The number of carbonyl (C=O) groups excluding carboxylic acids is 2. The van der Waals surface area contributed by atoms with Crippen molar-refractivity contribution < 1.29 is 14.3 Å². The van der Waals surface area contributed by atoms with E-state index in [1.54, 1.807) is 0 Å². The van der Waals surface area contributed by atoms with Crippen LogP contribution in [0, 0.1) is 5.92 Å². The third-order valence-electron chi connectivity index (χ3n) is 5.82. The van der Waals surface area contributed by atoms with Crippen molar-refractivity contribution >= 4 is 11.8 Å². The molecular formula is C22H32N2O3. The second-order valence-corrected chi connectivity index (χ2v) is 7.64. The normalized spacial score (nSPS) is 18.9. The van der Waals surface area contributed by atoms with Crippen LogP contribution >= 0.6 is 0 Å². The molecule has 5 nitrogen and oxygen atoms in total. The highest BCUT2D eigenvalue weighted by molar-refractivity contribution is 5.80. The monoisotopic (exact) mass is 372 g/mol. The molecule has 0 atom stereocenters. The van der Waals surface area contributed by atoms with Crippen molar-refractivity contribution in [1.82, 2.24) is 9.80 Å². The van der Waals surface area contributed by atoms with Crippen LogP contribution in [0.1, 0.15) is 51.0 Å². The fraction of sp³-hybridized carbons (Fsp3) is 0.636. The second kappa shape index (κ2) is 9.77. The number of nitrogens with zero attached hydrogens (tertiary/aromatic N) is 2. The molecule has 1 aromatic carbocycles. The maximum absolute atomic E-state index is 12.8. The molecule has 1 aromatic rings. The smallest absolute Gasteiger partial charge is 0.260 e. The van der Waals surface area contributed by atoms with Crippen LogP contribution in [0.4, 0.5) is 0 Å². The number of rotatable bonds is 5. The summed E-state index contributed by atoms with van der Waals surface area (Å²) in [5.74, 6) is 1.30. The molecule has 0 radical (unpaired) electrons. The number of hydrogen-bond acceptors (Lipinski definition) is 3. The molecule has 1 aliphatic heterocycles. The Morgan fingerprint density at radius 1 is 0.963 bits per heavy atom. The predicted molar refractivity (Wildman–Crippen MR) is 106 cm³/mol. The molecule has 0 aromatic heterocycles. The number of ether oxygens (including phenoxy) is 1. The van der Waals surface area contributed by atoms with Crippen molar-refractivity contribution in [2.24, 2.45) is 5.92 Å². The van der Waals surface area contributed by atoms with Crippen LogP contribution in [0.3, 0.4) is 0 Å². The number of benzene rings is 1. The van der Waals surface area contributed by atoms with Gasteiger partial charge in [0.1, 0.15) is 5.75 Å². The van der Waals surface area contributed by atoms with Gasteiger partial charge in [0.25, 0.3) is 5.91 Å². The van der Waals surface area contributed by atoms with Gasteiger partial charge in [0.05, 0.1) is 0 Å². The van der Waals surface area contributed by atoms with Gasteiger partial charge < -0.3 is 14.5 Å². The van der Waals surface area contributed by atoms with Gasteiger partial charge in [-0.3, -0.25) is 9.59 Å². The molecule has 2 aliphatic rings. The van der Waals surface area contributed by atoms with E-state index < -0.39 is 0 Å². The Bertz CT molecular complexity index is 640. The molecule has 27 heavy (non-hydrogen) atoms. The first-order valence-corrected chi connectivity index (χ1v) is 10.5. The molecule has 0 N–H and O–H groups in total. The molecule has 148 valence electrons. The van der Waals surface area contributed by atoms with Crippen molar-refractivity contribution in [3.8, 4) is 5.75 Å². The van der Waals surface area contributed by atoms with E-state index in [0.717, 1.165) is 43.5 Å². The summed E-state index contributed by atoms with van der Waals surface area (Å²) in [6, 6.07) is 7.86. The summed E-state index contributed by atoms with van der Waals surface area (Å²) >= 11 is 0. The minimum absolute atomic E-state index is 0.00729. The molecule has 3 rings (SSSR count). The lowest BCUT2D eigenvalue weighted by Gasteiger charge is -2.28. The summed E-state index contributed by atoms with van der Waals surface area (Å²) in [6.07, 6.45) is 7.39. The van der Waals surface area contributed by atoms with Crippen LogP contribution in [0.25, 0.3) is 0 Å². The number of carbonyl (C=O) groups is 2. The first kappa shape index (κ1) is 19.7. The zero-order valence-electron chi connectivity index (χ0n) is 16.5. The largest absolute Gasteiger partial charge is 0.483 e. The van der Waals surface area contributed by atoms with E-state index in [2.05, 4.69) is 6.92 Å². The van der Waals surface area contributed by atoms with Crippen LogP contribution in [0.15, 0.2) is 24.3 Å². The Kier molecular flexibility index (Phi) is 7.13. The van der Waals surface area contributed by atoms with Crippen molar-refractivity contribution in [1.29, 1.82) is 0 Å². The Morgan fingerprint density at radius 2 is 1.67 bits per heavy atom. The molecule has 0 unspecified atom stereocenters. The van der Waals surface area contributed by atoms with Gasteiger partial charge in [-0.1, -0.05) is 44.4 Å². The minimum atomic E-state index is 0.00729. The Balaban J connectivity index is 1.49. The molecule has 1 heterocycles. The average molecular weight is 373 g/mol. The zero-order valence-corrected chi connectivity index (χ0v) is 16.5. The van der Waals surface area contributed by atoms with E-state index in [1.807, 2.05) is 34.1 Å². The second-order valence-electron chi connectivity index (χ2n) is 7.64. The molecule has 5 heteroatoms. The standard InChI is InChI=1S/C22H32N2O3/c1-2-18-9-6-7-12-20(18)27-17-21(25)23-13-8-14-24(16-15-23)22(26)19-10-4-3-5-11-19/h6-7,9,12,19H,2-5,8,10-11,13-17H2,1H3. The first-order chi connectivity index (χ1) is 13.2. The van der Waals surface area contributed by atoms with E-state index in [0.29, 0.717) is 25.5 Å². The SMILES string of the molecule is CCc1ccccc1OCC(=O)N1CCCN(C(=O)C2CCCCC2)CC1. The van der Waals surface area contributed by atoms with Crippen LogP contribution in [0.2, 0.25) is 0 Å². The average Bonchev–Trinajstić information content (AvgIpc) is 2.98. The van der Waals surface area contributed by atoms with Gasteiger partial charge in [0.15, 0.2) is 6.61 Å². The molecule has 2 fully saturated rings. The van der Waals surface area contributed by atoms with Crippen LogP contribution < -0.4 is 4.74 Å². The van der Waals surface area contributed by atoms with Gasteiger partial charge in [-0.05, 0) is 37.3 Å². The molecule has 1 saturated carbocycles. The van der Waals surface area contributed by atoms with Crippen molar-refractivity contribution in [2.45, 2.75) is 51.9 Å². The number of aryl methyl sites for hydroxylation is 1. The minimum Gasteiger partial charge on any atom is -0.483 e. The van der Waals surface area contributed by atoms with Gasteiger partial charge in [-0.2, -0.15) is 0 Å². The molecule has 1 saturated heterocycles. The summed E-state index contributed by atoms with van der Waals surface area (Å²) in [5, 5.41) is 0. The summed E-state index contributed by atoms with van der Waals surface area (Å²) in [6.45, 7) is 4.86. The maximum atomic E-state index is 12.8. The number of hydrogen-bond donors (Lipinski definition) is 0. The van der Waals surface area contributed by atoms with E-state index in [1.165, 1.54) is 19.3 Å². The lowest BCUT2D eigenvalue weighted by molar-refractivity contribution is -0.137. The topological polar surface area (TPSA) is 49.9 Å². The van der Waals surface area contributed by atoms with Crippen molar-refractivity contribution in [3.63, 3.8) is 0 Å². The van der Waals surface area contributed by atoms with E-state index >= 15 is 0 Å². The lowest BCUT2D eigenvalue weighted by Crippen LogP contribution is -2.41. The third kappa shape index (κ3) is 5.24. The zero-order chi connectivity index (χ0) is 19.1.